The predicted molar refractivity (Wildman–Crippen MR) is 81.5 cm³/mol. The fraction of sp³-hybridized carbons (Fsp3) is 0.600. The van der Waals surface area contributed by atoms with E-state index < -0.39 is 17.2 Å². The smallest absolute Gasteiger partial charge is 0.408 e. The zero-order chi connectivity index (χ0) is 16.7. The minimum absolute atomic E-state index is 0.344. The number of H-pyrrole nitrogens is 1. The zero-order valence-electron chi connectivity index (χ0n) is 13.8. The molecular formula is C15H21N5O3. The third-order valence-electron chi connectivity index (χ3n) is 3.83. The third-order valence-corrected chi connectivity index (χ3v) is 3.83. The van der Waals surface area contributed by atoms with Crippen LogP contribution >= 0.6 is 0 Å². The molecule has 23 heavy (non-hydrogen) atoms. The number of imidazole rings is 1. The highest BCUT2D eigenvalue weighted by molar-refractivity contribution is 5.69. The number of carbonyl (C=O) groups is 1. The second kappa shape index (κ2) is 5.36. The van der Waals surface area contributed by atoms with Crippen LogP contribution in [0.3, 0.4) is 0 Å². The Hall–Kier alpha value is -2.38. The largest absolute Gasteiger partial charge is 0.444 e. The molecule has 1 fully saturated rings. The van der Waals surface area contributed by atoms with E-state index in [2.05, 4.69) is 25.4 Å². The summed E-state index contributed by atoms with van der Waals surface area (Å²) in [6.07, 6.45) is 3.60. The van der Waals surface area contributed by atoms with Gasteiger partial charge in [0.05, 0.1) is 6.33 Å². The lowest BCUT2D eigenvalue weighted by Crippen LogP contribution is -2.52. The minimum atomic E-state index is -0.617. The molecule has 1 saturated carbocycles. The second-order valence-corrected chi connectivity index (χ2v) is 6.86. The second-order valence-electron chi connectivity index (χ2n) is 6.86. The molecule has 0 unspecified atom stereocenters. The van der Waals surface area contributed by atoms with Crippen LogP contribution in [0.15, 0.2) is 10.9 Å². The topological polar surface area (TPSA) is 106 Å². The van der Waals surface area contributed by atoms with Gasteiger partial charge < -0.3 is 19.6 Å². The Balaban J connectivity index is 1.80. The lowest BCUT2D eigenvalue weighted by Gasteiger charge is -2.39. The van der Waals surface area contributed by atoms with Crippen molar-refractivity contribution in [2.45, 2.75) is 58.1 Å². The van der Waals surface area contributed by atoms with Gasteiger partial charge in [-0.25, -0.2) is 9.78 Å². The summed E-state index contributed by atoms with van der Waals surface area (Å²) in [6.45, 7) is 7.36. The number of nitrogens with one attached hydrogen (secondary N) is 2. The summed E-state index contributed by atoms with van der Waals surface area (Å²) in [7, 11) is 0. The summed E-state index contributed by atoms with van der Waals surface area (Å²) in [6, 6.07) is 0. The summed E-state index contributed by atoms with van der Waals surface area (Å²) in [5, 5.41) is 6.95. The standard InChI is InChI=1S/C15H21N5O3/c1-9-10(17-8-16-9)11-18-12(20-23-11)15(6-5-7-15)19-13(21)22-14(2,3)4/h8H,5-7H2,1-4H3,(H,16,17)(H,19,21). The Bertz CT molecular complexity index is 709. The SMILES string of the molecule is Cc1[nH]cnc1-c1nc(C2(NC(=O)OC(C)(C)C)CCC2)no1. The van der Waals surface area contributed by atoms with Crippen molar-refractivity contribution in [2.75, 3.05) is 0 Å². The van der Waals surface area contributed by atoms with E-state index in [1.165, 1.54) is 0 Å². The molecule has 0 radical (unpaired) electrons. The van der Waals surface area contributed by atoms with Gasteiger partial charge in [-0.15, -0.1) is 0 Å². The fourth-order valence-electron chi connectivity index (χ4n) is 2.52. The number of hydrogen-bond acceptors (Lipinski definition) is 6. The molecule has 1 amide bonds. The van der Waals surface area contributed by atoms with Crippen LogP contribution in [-0.2, 0) is 10.3 Å². The van der Waals surface area contributed by atoms with E-state index in [0.717, 1.165) is 25.0 Å². The Labute approximate surface area is 134 Å². The zero-order valence-corrected chi connectivity index (χ0v) is 13.8. The van der Waals surface area contributed by atoms with Crippen molar-refractivity contribution < 1.29 is 14.1 Å². The first-order valence-electron chi connectivity index (χ1n) is 7.65. The molecule has 8 heteroatoms. The number of aromatic amines is 1. The highest BCUT2D eigenvalue weighted by Crippen LogP contribution is 2.40. The van der Waals surface area contributed by atoms with Gasteiger partial charge in [0, 0.05) is 5.69 Å². The van der Waals surface area contributed by atoms with Gasteiger partial charge in [0.25, 0.3) is 5.89 Å². The molecule has 2 heterocycles. The molecular weight excluding hydrogens is 298 g/mol. The van der Waals surface area contributed by atoms with Crippen LogP contribution in [0.5, 0.6) is 0 Å². The van der Waals surface area contributed by atoms with Crippen molar-refractivity contribution in [1.82, 2.24) is 25.4 Å². The van der Waals surface area contributed by atoms with Gasteiger partial charge in [0.2, 0.25) is 0 Å². The van der Waals surface area contributed by atoms with Gasteiger partial charge in [-0.1, -0.05) is 5.16 Å². The molecule has 2 N–H and O–H groups in total. The first-order chi connectivity index (χ1) is 10.8. The maximum absolute atomic E-state index is 12.1. The summed E-state index contributed by atoms with van der Waals surface area (Å²) in [5.41, 5.74) is 0.302. The number of rotatable bonds is 3. The predicted octanol–water partition coefficient (Wildman–Crippen LogP) is 2.67. The molecule has 1 aliphatic carbocycles. The monoisotopic (exact) mass is 319 g/mol. The highest BCUT2D eigenvalue weighted by atomic mass is 16.6. The molecule has 0 atom stereocenters. The van der Waals surface area contributed by atoms with Gasteiger partial charge in [0.1, 0.15) is 16.8 Å². The minimum Gasteiger partial charge on any atom is -0.444 e. The highest BCUT2D eigenvalue weighted by Gasteiger charge is 2.45. The first-order valence-corrected chi connectivity index (χ1v) is 7.65. The summed E-state index contributed by atoms with van der Waals surface area (Å²) >= 11 is 0. The van der Waals surface area contributed by atoms with E-state index in [1.54, 1.807) is 6.33 Å². The number of aromatic nitrogens is 4. The van der Waals surface area contributed by atoms with Crippen LogP contribution in [0.25, 0.3) is 11.6 Å². The van der Waals surface area contributed by atoms with Crippen LogP contribution in [0.1, 0.15) is 51.6 Å². The average molecular weight is 319 g/mol. The van der Waals surface area contributed by atoms with E-state index in [-0.39, 0.29) is 0 Å². The van der Waals surface area contributed by atoms with Crippen molar-refractivity contribution in [3.05, 3.63) is 17.8 Å². The van der Waals surface area contributed by atoms with Gasteiger partial charge in [-0.3, -0.25) is 0 Å². The van der Waals surface area contributed by atoms with E-state index in [1.807, 2.05) is 27.7 Å². The third kappa shape index (κ3) is 3.06. The number of aryl methyl sites for hydroxylation is 1. The van der Waals surface area contributed by atoms with Gasteiger partial charge in [-0.05, 0) is 47.0 Å². The normalized spacial score (nSPS) is 16.7. The van der Waals surface area contributed by atoms with E-state index in [4.69, 9.17) is 9.26 Å². The number of ether oxygens (including phenoxy) is 1. The maximum Gasteiger partial charge on any atom is 0.408 e. The van der Waals surface area contributed by atoms with Crippen LogP contribution in [-0.4, -0.2) is 31.8 Å². The number of nitrogens with zero attached hydrogens (tertiary/aromatic N) is 3. The Morgan fingerprint density at radius 1 is 1.43 bits per heavy atom. The quantitative estimate of drug-likeness (QED) is 0.901. The molecule has 1 aliphatic rings. The molecule has 0 aliphatic heterocycles. The molecule has 124 valence electrons. The van der Waals surface area contributed by atoms with Gasteiger partial charge >= 0.3 is 6.09 Å². The van der Waals surface area contributed by atoms with Gasteiger partial charge in [0.15, 0.2) is 5.82 Å². The Morgan fingerprint density at radius 3 is 2.70 bits per heavy atom. The lowest BCUT2D eigenvalue weighted by molar-refractivity contribution is 0.0362. The first kappa shape index (κ1) is 15.5. The summed E-state index contributed by atoms with van der Waals surface area (Å²) in [4.78, 5) is 23.7. The molecule has 0 spiro atoms. The molecule has 2 aromatic heterocycles. The van der Waals surface area contributed by atoms with Crippen LogP contribution in [0.2, 0.25) is 0 Å². The number of carbonyl (C=O) groups excluding carboxylic acids is 1. The number of alkyl carbamates (subject to hydrolysis) is 1. The summed E-state index contributed by atoms with van der Waals surface area (Å²) < 4.78 is 10.7. The van der Waals surface area contributed by atoms with Crippen molar-refractivity contribution in [3.8, 4) is 11.6 Å². The van der Waals surface area contributed by atoms with E-state index in [9.17, 15) is 4.79 Å². The van der Waals surface area contributed by atoms with Crippen molar-refractivity contribution in [1.29, 1.82) is 0 Å². The van der Waals surface area contributed by atoms with Crippen LogP contribution < -0.4 is 5.32 Å². The fourth-order valence-corrected chi connectivity index (χ4v) is 2.52. The van der Waals surface area contributed by atoms with E-state index in [0.29, 0.717) is 17.4 Å². The maximum atomic E-state index is 12.1. The molecule has 0 saturated heterocycles. The lowest BCUT2D eigenvalue weighted by atomic mass is 9.76. The Morgan fingerprint density at radius 2 is 2.17 bits per heavy atom. The number of hydrogen-bond donors (Lipinski definition) is 2. The molecule has 0 bridgehead atoms. The van der Waals surface area contributed by atoms with Crippen LogP contribution in [0, 0.1) is 6.92 Å². The Kier molecular flexibility index (Phi) is 3.62. The molecule has 2 aromatic rings. The van der Waals surface area contributed by atoms with Crippen molar-refractivity contribution in [3.63, 3.8) is 0 Å². The molecule has 3 rings (SSSR count). The van der Waals surface area contributed by atoms with Gasteiger partial charge in [-0.2, -0.15) is 4.98 Å². The van der Waals surface area contributed by atoms with Crippen LogP contribution in [0.4, 0.5) is 4.79 Å². The van der Waals surface area contributed by atoms with E-state index >= 15 is 0 Å². The van der Waals surface area contributed by atoms with Crippen molar-refractivity contribution >= 4 is 6.09 Å². The molecule has 8 nitrogen and oxygen atoms in total. The number of amides is 1. The van der Waals surface area contributed by atoms with Crippen molar-refractivity contribution in [2.24, 2.45) is 0 Å². The summed E-state index contributed by atoms with van der Waals surface area (Å²) in [5.74, 6) is 0.808. The molecule has 0 aromatic carbocycles. The average Bonchev–Trinajstić information content (AvgIpc) is 3.00.